The Bertz CT molecular complexity index is 1280. The quantitative estimate of drug-likeness (QED) is 0.438. The Morgan fingerprint density at radius 3 is 2.41 bits per heavy atom. The van der Waals surface area contributed by atoms with E-state index in [-0.39, 0.29) is 12.5 Å². The second-order valence-electron chi connectivity index (χ2n) is 8.13. The van der Waals surface area contributed by atoms with Gasteiger partial charge in [-0.05, 0) is 48.5 Å². The number of carbonyl (C=O) groups excluding carboxylic acids is 1. The predicted octanol–water partition coefficient (Wildman–Crippen LogP) is 4.03. The van der Waals surface area contributed by atoms with Gasteiger partial charge in [0.15, 0.2) is 6.61 Å². The fourth-order valence-corrected chi connectivity index (χ4v) is 4.08. The van der Waals surface area contributed by atoms with Gasteiger partial charge in [0.2, 0.25) is 0 Å². The summed E-state index contributed by atoms with van der Waals surface area (Å²) in [7, 11) is 1.67. The highest BCUT2D eigenvalue weighted by Gasteiger charge is 2.22. The molecule has 5 rings (SSSR count). The lowest BCUT2D eigenvalue weighted by Crippen LogP contribution is -2.50. The minimum atomic E-state index is -0.00485. The second-order valence-corrected chi connectivity index (χ2v) is 8.13. The molecule has 4 aromatic rings. The van der Waals surface area contributed by atoms with Crippen molar-refractivity contribution >= 4 is 22.6 Å². The summed E-state index contributed by atoms with van der Waals surface area (Å²) in [6, 6.07) is 23.4. The van der Waals surface area contributed by atoms with Crippen molar-refractivity contribution in [1.82, 2.24) is 14.9 Å². The maximum Gasteiger partial charge on any atom is 0.260 e. The maximum atomic E-state index is 12.7. The Morgan fingerprint density at radius 2 is 1.65 bits per heavy atom. The van der Waals surface area contributed by atoms with Gasteiger partial charge in [-0.15, -0.1) is 0 Å². The molecule has 0 N–H and O–H groups in total. The third-order valence-corrected chi connectivity index (χ3v) is 6.01. The number of nitrogens with zero attached hydrogens (tertiary/aromatic N) is 4. The molecule has 1 fully saturated rings. The van der Waals surface area contributed by atoms with Crippen molar-refractivity contribution < 1.29 is 14.3 Å². The first-order valence-corrected chi connectivity index (χ1v) is 11.3. The number of ether oxygens (including phenoxy) is 2. The summed E-state index contributed by atoms with van der Waals surface area (Å²) >= 11 is 0. The molecule has 0 radical (unpaired) electrons. The van der Waals surface area contributed by atoms with Crippen molar-refractivity contribution in [3.05, 3.63) is 79.0 Å². The highest BCUT2D eigenvalue weighted by Crippen LogP contribution is 2.23. The number of rotatable bonds is 6. The lowest BCUT2D eigenvalue weighted by Gasteiger charge is -2.36. The molecule has 34 heavy (non-hydrogen) atoms. The Kier molecular flexibility index (Phi) is 6.25. The molecule has 3 aromatic carbocycles. The van der Waals surface area contributed by atoms with Crippen LogP contribution in [0.15, 0.2) is 79.0 Å². The second kappa shape index (κ2) is 9.79. The molecule has 7 nitrogen and oxygen atoms in total. The van der Waals surface area contributed by atoms with Crippen LogP contribution < -0.4 is 14.4 Å². The van der Waals surface area contributed by atoms with Crippen LogP contribution in [-0.2, 0) is 4.79 Å². The molecule has 0 aliphatic carbocycles. The number of anilines is 1. The largest absolute Gasteiger partial charge is 0.497 e. The number of fused-ring (bicyclic) bond motifs is 1. The van der Waals surface area contributed by atoms with Gasteiger partial charge in [0.25, 0.3) is 5.91 Å². The van der Waals surface area contributed by atoms with E-state index in [1.54, 1.807) is 13.3 Å². The fraction of sp³-hybridized carbons (Fsp3) is 0.222. The number of hydrogen-bond acceptors (Lipinski definition) is 6. The van der Waals surface area contributed by atoms with Gasteiger partial charge in [-0.25, -0.2) is 4.98 Å². The van der Waals surface area contributed by atoms with Gasteiger partial charge < -0.3 is 19.3 Å². The lowest BCUT2D eigenvalue weighted by molar-refractivity contribution is -0.133. The normalized spacial score (nSPS) is 13.7. The minimum Gasteiger partial charge on any atom is -0.497 e. The molecular formula is C27H26N4O3. The molecule has 1 amide bonds. The first-order chi connectivity index (χ1) is 16.7. The summed E-state index contributed by atoms with van der Waals surface area (Å²) in [6.07, 6.45) is 1.77. The molecule has 0 spiro atoms. The molecule has 0 atom stereocenters. The number of amides is 1. The number of para-hydroxylation sites is 2. The number of benzene rings is 3. The van der Waals surface area contributed by atoms with Crippen LogP contribution in [0.4, 0.5) is 5.69 Å². The highest BCUT2D eigenvalue weighted by molar-refractivity contribution is 5.78. The van der Waals surface area contributed by atoms with Crippen LogP contribution in [0.25, 0.3) is 22.3 Å². The van der Waals surface area contributed by atoms with E-state index in [2.05, 4.69) is 20.9 Å². The van der Waals surface area contributed by atoms with Gasteiger partial charge in [0, 0.05) is 43.5 Å². The number of hydrogen-bond donors (Lipinski definition) is 0. The molecule has 0 unspecified atom stereocenters. The number of methoxy groups -OCH3 is 1. The highest BCUT2D eigenvalue weighted by atomic mass is 16.5. The van der Waals surface area contributed by atoms with E-state index < -0.39 is 0 Å². The van der Waals surface area contributed by atoms with Crippen molar-refractivity contribution in [1.29, 1.82) is 0 Å². The molecule has 1 aliphatic heterocycles. The number of piperazine rings is 1. The molecule has 0 saturated carbocycles. The molecule has 1 aliphatic rings. The average Bonchev–Trinajstić information content (AvgIpc) is 2.92. The standard InChI is InChI=1S/C27H26N4O3/c1-33-23-6-4-5-21(17-23)30-13-15-31(16-14-30)27(32)19-34-22-11-9-20(10-12-22)26-18-28-24-7-2-3-8-25(24)29-26/h2-12,17-18H,13-16,19H2,1H3. The third-order valence-electron chi connectivity index (χ3n) is 6.01. The van der Waals surface area contributed by atoms with Gasteiger partial charge in [-0.1, -0.05) is 18.2 Å². The summed E-state index contributed by atoms with van der Waals surface area (Å²) in [6.45, 7) is 2.91. The Morgan fingerprint density at radius 1 is 0.882 bits per heavy atom. The van der Waals surface area contributed by atoms with Crippen LogP contribution in [0.1, 0.15) is 0 Å². The monoisotopic (exact) mass is 454 g/mol. The maximum absolute atomic E-state index is 12.7. The van der Waals surface area contributed by atoms with Crippen LogP contribution in [-0.4, -0.2) is 60.7 Å². The van der Waals surface area contributed by atoms with Crippen molar-refractivity contribution in [3.8, 4) is 22.8 Å². The van der Waals surface area contributed by atoms with Gasteiger partial charge >= 0.3 is 0 Å². The fourth-order valence-electron chi connectivity index (χ4n) is 4.08. The topological polar surface area (TPSA) is 67.8 Å². The van der Waals surface area contributed by atoms with Gasteiger partial charge in [-0.2, -0.15) is 0 Å². The van der Waals surface area contributed by atoms with E-state index >= 15 is 0 Å². The van der Waals surface area contributed by atoms with Crippen molar-refractivity contribution in [2.75, 3.05) is 44.8 Å². The van der Waals surface area contributed by atoms with Crippen LogP contribution in [0.3, 0.4) is 0 Å². The smallest absolute Gasteiger partial charge is 0.260 e. The lowest BCUT2D eigenvalue weighted by atomic mass is 10.1. The summed E-state index contributed by atoms with van der Waals surface area (Å²) in [5.74, 6) is 1.48. The molecule has 1 saturated heterocycles. The Balaban J connectivity index is 1.14. The summed E-state index contributed by atoms with van der Waals surface area (Å²) < 4.78 is 11.1. The summed E-state index contributed by atoms with van der Waals surface area (Å²) in [5.41, 5.74) is 4.59. The van der Waals surface area contributed by atoms with Crippen molar-refractivity contribution in [2.45, 2.75) is 0 Å². The Hall–Kier alpha value is -4.13. The zero-order valence-electron chi connectivity index (χ0n) is 19.1. The van der Waals surface area contributed by atoms with Crippen molar-refractivity contribution in [2.24, 2.45) is 0 Å². The zero-order chi connectivity index (χ0) is 23.3. The van der Waals surface area contributed by atoms with E-state index in [4.69, 9.17) is 9.47 Å². The van der Waals surface area contributed by atoms with Crippen LogP contribution in [0.2, 0.25) is 0 Å². The van der Waals surface area contributed by atoms with E-state index in [0.717, 1.165) is 46.8 Å². The molecule has 172 valence electrons. The van der Waals surface area contributed by atoms with Gasteiger partial charge in [0.1, 0.15) is 11.5 Å². The summed E-state index contributed by atoms with van der Waals surface area (Å²) in [5, 5.41) is 0. The third kappa shape index (κ3) is 4.78. The van der Waals surface area contributed by atoms with Crippen LogP contribution >= 0.6 is 0 Å². The molecule has 7 heteroatoms. The number of aromatic nitrogens is 2. The van der Waals surface area contributed by atoms with E-state index in [0.29, 0.717) is 18.8 Å². The van der Waals surface area contributed by atoms with E-state index in [9.17, 15) is 4.79 Å². The minimum absolute atomic E-state index is 0.00485. The van der Waals surface area contributed by atoms with E-state index in [1.807, 2.05) is 71.6 Å². The average molecular weight is 455 g/mol. The SMILES string of the molecule is COc1cccc(N2CCN(C(=O)COc3ccc(-c4cnc5ccccc5n4)cc3)CC2)c1. The first kappa shape index (κ1) is 21.7. The molecule has 1 aromatic heterocycles. The zero-order valence-corrected chi connectivity index (χ0v) is 19.1. The van der Waals surface area contributed by atoms with Gasteiger partial charge in [-0.3, -0.25) is 9.78 Å². The van der Waals surface area contributed by atoms with Crippen molar-refractivity contribution in [3.63, 3.8) is 0 Å². The van der Waals surface area contributed by atoms with Crippen LogP contribution in [0.5, 0.6) is 11.5 Å². The predicted molar refractivity (Wildman–Crippen MR) is 132 cm³/mol. The first-order valence-electron chi connectivity index (χ1n) is 11.3. The Labute approximate surface area is 198 Å². The van der Waals surface area contributed by atoms with Crippen LogP contribution in [0, 0.1) is 0 Å². The molecular weight excluding hydrogens is 428 g/mol. The van der Waals surface area contributed by atoms with Gasteiger partial charge in [0.05, 0.1) is 30.0 Å². The molecule has 0 bridgehead atoms. The number of carbonyl (C=O) groups is 1. The summed E-state index contributed by atoms with van der Waals surface area (Å²) in [4.78, 5) is 25.9. The molecule has 2 heterocycles. The van der Waals surface area contributed by atoms with E-state index in [1.165, 1.54) is 0 Å².